The van der Waals surface area contributed by atoms with Gasteiger partial charge in [0, 0.05) is 10.5 Å². The second-order valence-corrected chi connectivity index (χ2v) is 4.98. The van der Waals surface area contributed by atoms with Gasteiger partial charge in [-0.3, -0.25) is 4.79 Å². The summed E-state index contributed by atoms with van der Waals surface area (Å²) in [6.45, 7) is 1.68. The van der Waals surface area contributed by atoms with Crippen LogP contribution in [-0.4, -0.2) is 17.1 Å². The van der Waals surface area contributed by atoms with Gasteiger partial charge in [0.15, 0.2) is 0 Å². The van der Waals surface area contributed by atoms with E-state index >= 15 is 0 Å². The van der Waals surface area contributed by atoms with Crippen molar-refractivity contribution in [3.05, 3.63) is 34.3 Å². The van der Waals surface area contributed by atoms with Gasteiger partial charge < -0.3 is 10.8 Å². The van der Waals surface area contributed by atoms with Gasteiger partial charge in [-0.25, -0.2) is 0 Å². The van der Waals surface area contributed by atoms with Crippen LogP contribution in [0.2, 0.25) is 0 Å². The topological polar surface area (TPSA) is 63.3 Å². The van der Waals surface area contributed by atoms with Crippen LogP contribution >= 0.6 is 28.3 Å². The molecule has 0 unspecified atom stereocenters. The number of carbonyl (C=O) groups is 1. The molecular formula is C12H17BrClNO2. The molecular weight excluding hydrogens is 305 g/mol. The van der Waals surface area contributed by atoms with Gasteiger partial charge in [-0.2, -0.15) is 0 Å². The monoisotopic (exact) mass is 321 g/mol. The predicted octanol–water partition coefficient (Wildman–Crippen LogP) is 2.85. The Morgan fingerprint density at radius 2 is 1.94 bits per heavy atom. The zero-order chi connectivity index (χ0) is 12.1. The molecule has 0 saturated carbocycles. The van der Waals surface area contributed by atoms with Gasteiger partial charge in [0.2, 0.25) is 0 Å². The molecule has 0 heterocycles. The summed E-state index contributed by atoms with van der Waals surface area (Å²) in [5.41, 5.74) is 7.04. The maximum atomic E-state index is 10.7. The molecule has 96 valence electrons. The highest BCUT2D eigenvalue weighted by Gasteiger charge is 2.15. The average Bonchev–Trinajstić information content (AvgIpc) is 2.21. The number of rotatable bonds is 5. The number of carboxylic acids is 1. The minimum absolute atomic E-state index is 0. The molecule has 0 aliphatic rings. The van der Waals surface area contributed by atoms with Crippen LogP contribution in [-0.2, 0) is 11.2 Å². The van der Waals surface area contributed by atoms with Gasteiger partial charge in [0.25, 0.3) is 0 Å². The quantitative estimate of drug-likeness (QED) is 0.876. The normalized spacial score (nSPS) is 13.6. The van der Waals surface area contributed by atoms with Crippen LogP contribution in [0.5, 0.6) is 0 Å². The summed E-state index contributed by atoms with van der Waals surface area (Å²) in [7, 11) is 0. The number of hydrogen-bond donors (Lipinski definition) is 2. The SMILES string of the molecule is C[C@H](C[C@H](N)Cc1ccc(Br)cc1)C(=O)O.Cl. The highest BCUT2D eigenvalue weighted by atomic mass is 79.9. The lowest BCUT2D eigenvalue weighted by Crippen LogP contribution is -2.28. The molecule has 17 heavy (non-hydrogen) atoms. The van der Waals surface area contributed by atoms with Crippen LogP contribution in [0, 0.1) is 5.92 Å². The van der Waals surface area contributed by atoms with E-state index in [1.54, 1.807) is 6.92 Å². The Kier molecular flexibility index (Phi) is 7.43. The van der Waals surface area contributed by atoms with Crippen LogP contribution in [0.25, 0.3) is 0 Å². The summed E-state index contributed by atoms with van der Waals surface area (Å²) in [6.07, 6.45) is 1.22. The Bertz CT molecular complexity index is 356. The number of aliphatic carboxylic acids is 1. The zero-order valence-electron chi connectivity index (χ0n) is 9.60. The van der Waals surface area contributed by atoms with E-state index in [0.717, 1.165) is 10.0 Å². The van der Waals surface area contributed by atoms with Gasteiger partial charge in [-0.1, -0.05) is 35.0 Å². The smallest absolute Gasteiger partial charge is 0.306 e. The summed E-state index contributed by atoms with van der Waals surface area (Å²) in [4.78, 5) is 10.7. The molecule has 0 aliphatic heterocycles. The summed E-state index contributed by atoms with van der Waals surface area (Å²) >= 11 is 3.36. The second kappa shape index (κ2) is 7.69. The Morgan fingerprint density at radius 3 is 2.41 bits per heavy atom. The van der Waals surface area contributed by atoms with E-state index in [9.17, 15) is 4.79 Å². The van der Waals surface area contributed by atoms with Crippen LogP contribution in [0.15, 0.2) is 28.7 Å². The van der Waals surface area contributed by atoms with Gasteiger partial charge in [0.05, 0.1) is 5.92 Å². The van der Waals surface area contributed by atoms with E-state index in [1.807, 2.05) is 24.3 Å². The Hall–Kier alpha value is -0.580. The molecule has 0 bridgehead atoms. The van der Waals surface area contributed by atoms with E-state index in [1.165, 1.54) is 0 Å². The van der Waals surface area contributed by atoms with Crippen molar-refractivity contribution in [1.82, 2.24) is 0 Å². The van der Waals surface area contributed by atoms with Crippen molar-refractivity contribution in [3.8, 4) is 0 Å². The standard InChI is InChI=1S/C12H16BrNO2.ClH/c1-8(12(15)16)6-11(14)7-9-2-4-10(13)5-3-9;/h2-5,8,11H,6-7,14H2,1H3,(H,15,16);1H/t8-,11+;/m1./s1. The molecule has 0 spiro atoms. The van der Waals surface area contributed by atoms with Crippen LogP contribution in [0.1, 0.15) is 18.9 Å². The largest absolute Gasteiger partial charge is 0.481 e. The van der Waals surface area contributed by atoms with E-state index in [-0.39, 0.29) is 24.4 Å². The molecule has 1 aromatic carbocycles. The Labute approximate surface area is 116 Å². The maximum absolute atomic E-state index is 10.7. The van der Waals surface area contributed by atoms with Crippen molar-refractivity contribution in [3.63, 3.8) is 0 Å². The fourth-order valence-electron chi connectivity index (χ4n) is 1.56. The summed E-state index contributed by atoms with van der Waals surface area (Å²) in [5, 5.41) is 8.77. The molecule has 3 nitrogen and oxygen atoms in total. The lowest BCUT2D eigenvalue weighted by atomic mass is 9.97. The van der Waals surface area contributed by atoms with Crippen molar-refractivity contribution in [2.45, 2.75) is 25.8 Å². The molecule has 3 N–H and O–H groups in total. The van der Waals surface area contributed by atoms with E-state index in [4.69, 9.17) is 10.8 Å². The third kappa shape index (κ3) is 6.05. The highest BCUT2D eigenvalue weighted by molar-refractivity contribution is 9.10. The summed E-state index contributed by atoms with van der Waals surface area (Å²) in [6, 6.07) is 7.81. The summed E-state index contributed by atoms with van der Waals surface area (Å²) in [5.74, 6) is -1.17. The molecule has 0 radical (unpaired) electrons. The van der Waals surface area contributed by atoms with E-state index < -0.39 is 5.97 Å². The van der Waals surface area contributed by atoms with Gasteiger partial charge in [-0.15, -0.1) is 12.4 Å². The minimum Gasteiger partial charge on any atom is -0.481 e. The van der Waals surface area contributed by atoms with Gasteiger partial charge in [-0.05, 0) is 30.5 Å². The lowest BCUT2D eigenvalue weighted by molar-refractivity contribution is -0.141. The first-order valence-electron chi connectivity index (χ1n) is 5.22. The van der Waals surface area contributed by atoms with Gasteiger partial charge in [0.1, 0.15) is 0 Å². The summed E-state index contributed by atoms with van der Waals surface area (Å²) < 4.78 is 1.03. The van der Waals surface area contributed by atoms with Crippen LogP contribution in [0.4, 0.5) is 0 Å². The second-order valence-electron chi connectivity index (χ2n) is 4.07. The first-order chi connectivity index (χ1) is 7.49. The lowest BCUT2D eigenvalue weighted by Gasteiger charge is -2.14. The minimum atomic E-state index is -0.786. The van der Waals surface area contributed by atoms with Crippen molar-refractivity contribution < 1.29 is 9.90 Å². The Balaban J connectivity index is 0.00000256. The Morgan fingerprint density at radius 1 is 1.41 bits per heavy atom. The maximum Gasteiger partial charge on any atom is 0.306 e. The number of benzene rings is 1. The fraction of sp³-hybridized carbons (Fsp3) is 0.417. The molecule has 0 aliphatic carbocycles. The van der Waals surface area contributed by atoms with Crippen LogP contribution in [0.3, 0.4) is 0 Å². The molecule has 0 fully saturated rings. The third-order valence-electron chi connectivity index (χ3n) is 2.49. The number of nitrogens with two attached hydrogens (primary N) is 1. The predicted molar refractivity (Wildman–Crippen MR) is 74.5 cm³/mol. The number of hydrogen-bond acceptors (Lipinski definition) is 2. The van der Waals surface area contributed by atoms with Crippen molar-refractivity contribution >= 4 is 34.3 Å². The zero-order valence-corrected chi connectivity index (χ0v) is 12.0. The van der Waals surface area contributed by atoms with E-state index in [0.29, 0.717) is 12.8 Å². The number of carboxylic acid groups (broad SMARTS) is 1. The van der Waals surface area contributed by atoms with E-state index in [2.05, 4.69) is 15.9 Å². The fourth-order valence-corrected chi connectivity index (χ4v) is 1.83. The first kappa shape index (κ1) is 16.4. The molecule has 0 aromatic heterocycles. The average molecular weight is 323 g/mol. The van der Waals surface area contributed by atoms with Crippen molar-refractivity contribution in [2.24, 2.45) is 11.7 Å². The van der Waals surface area contributed by atoms with Gasteiger partial charge >= 0.3 is 5.97 Å². The molecule has 1 rings (SSSR count). The molecule has 0 amide bonds. The highest BCUT2D eigenvalue weighted by Crippen LogP contribution is 2.14. The van der Waals surface area contributed by atoms with Crippen molar-refractivity contribution in [2.75, 3.05) is 0 Å². The molecule has 2 atom stereocenters. The number of halogens is 2. The molecule has 5 heteroatoms. The molecule has 1 aromatic rings. The van der Waals surface area contributed by atoms with Crippen molar-refractivity contribution in [1.29, 1.82) is 0 Å². The first-order valence-corrected chi connectivity index (χ1v) is 6.01. The van der Waals surface area contributed by atoms with Crippen LogP contribution < -0.4 is 5.73 Å². The third-order valence-corrected chi connectivity index (χ3v) is 3.02. The molecule has 0 saturated heterocycles.